The van der Waals surface area contributed by atoms with Gasteiger partial charge in [0.05, 0.1) is 30.0 Å². The molecule has 5 rings (SSSR count). The quantitative estimate of drug-likeness (QED) is 0.453. The van der Waals surface area contributed by atoms with E-state index < -0.39 is 0 Å². The molecule has 4 aromatic heterocycles. The molecule has 172 valence electrons. The van der Waals surface area contributed by atoms with Crippen LogP contribution in [0.3, 0.4) is 0 Å². The largest absolute Gasteiger partial charge is 0.356 e. The standard InChI is InChI=1S/C25H26N8O/c1-17(34)9-25(2)7-4-8-32(16-25)22-6-5-18(11-27-22)23-24-19(10-26)12-29-33(24)15-21(30-23)20-13-28-31(3)14-20/h5-6,11-15H,4,7-9,16H2,1-3H3. The monoisotopic (exact) mass is 454 g/mol. The summed E-state index contributed by atoms with van der Waals surface area (Å²) in [6, 6.07) is 6.20. The molecular formula is C25H26N8O. The number of nitrogens with zero attached hydrogens (tertiary/aromatic N) is 8. The number of hydrogen-bond donors (Lipinski definition) is 0. The Balaban J connectivity index is 1.52. The van der Waals surface area contributed by atoms with Crippen LogP contribution < -0.4 is 4.90 Å². The lowest BCUT2D eigenvalue weighted by molar-refractivity contribution is -0.119. The summed E-state index contributed by atoms with van der Waals surface area (Å²) >= 11 is 0. The van der Waals surface area contributed by atoms with E-state index in [4.69, 9.17) is 9.97 Å². The van der Waals surface area contributed by atoms with Gasteiger partial charge in [-0.05, 0) is 37.3 Å². The Hall–Kier alpha value is -4.06. The van der Waals surface area contributed by atoms with Crippen molar-refractivity contribution in [3.63, 3.8) is 0 Å². The fourth-order valence-electron chi connectivity index (χ4n) is 4.96. The van der Waals surface area contributed by atoms with E-state index in [-0.39, 0.29) is 11.2 Å². The lowest BCUT2D eigenvalue weighted by Crippen LogP contribution is -2.43. The number of pyridine rings is 1. The number of anilines is 1. The van der Waals surface area contributed by atoms with Crippen LogP contribution in [-0.4, -0.2) is 48.2 Å². The SMILES string of the molecule is CC(=O)CC1(C)CCCN(c2ccc(-c3nc(-c4cnn(C)c4)cn4ncc(C#N)c34)cn2)C1. The van der Waals surface area contributed by atoms with Gasteiger partial charge in [-0.15, -0.1) is 0 Å². The Morgan fingerprint density at radius 3 is 2.71 bits per heavy atom. The average molecular weight is 455 g/mol. The number of piperidine rings is 1. The number of nitriles is 1. The molecule has 0 saturated carbocycles. The highest BCUT2D eigenvalue weighted by molar-refractivity contribution is 5.83. The summed E-state index contributed by atoms with van der Waals surface area (Å²) in [7, 11) is 1.86. The van der Waals surface area contributed by atoms with Gasteiger partial charge >= 0.3 is 0 Å². The summed E-state index contributed by atoms with van der Waals surface area (Å²) in [5.41, 5.74) is 4.10. The smallest absolute Gasteiger partial charge is 0.130 e. The minimum absolute atomic E-state index is 0.0322. The number of Topliss-reactive ketones (excluding diaryl/α,β-unsaturated/α-hetero) is 1. The molecule has 1 aliphatic rings. The average Bonchev–Trinajstić information content (AvgIpc) is 3.43. The summed E-state index contributed by atoms with van der Waals surface area (Å²) in [6.45, 7) is 5.57. The molecular weight excluding hydrogens is 428 g/mol. The van der Waals surface area contributed by atoms with Gasteiger partial charge in [-0.1, -0.05) is 6.92 Å². The van der Waals surface area contributed by atoms with E-state index in [1.165, 1.54) is 0 Å². The molecule has 0 aliphatic carbocycles. The van der Waals surface area contributed by atoms with Gasteiger partial charge in [0, 0.05) is 50.1 Å². The van der Waals surface area contributed by atoms with Crippen molar-refractivity contribution in [2.24, 2.45) is 12.5 Å². The highest BCUT2D eigenvalue weighted by atomic mass is 16.1. The Morgan fingerprint density at radius 2 is 2.03 bits per heavy atom. The highest BCUT2D eigenvalue weighted by Gasteiger charge is 2.32. The zero-order valence-electron chi connectivity index (χ0n) is 19.6. The first-order valence-corrected chi connectivity index (χ1v) is 11.3. The number of aromatic nitrogens is 6. The minimum atomic E-state index is -0.0322. The molecule has 0 aromatic carbocycles. The van der Waals surface area contributed by atoms with E-state index >= 15 is 0 Å². The Labute approximate surface area is 197 Å². The fourth-order valence-corrected chi connectivity index (χ4v) is 4.96. The molecule has 4 aromatic rings. The number of ketones is 1. The van der Waals surface area contributed by atoms with Crippen LogP contribution in [0.4, 0.5) is 5.82 Å². The first kappa shape index (κ1) is 21.8. The van der Waals surface area contributed by atoms with Crippen molar-refractivity contribution in [2.75, 3.05) is 18.0 Å². The number of hydrogen-bond acceptors (Lipinski definition) is 7. The Morgan fingerprint density at radius 1 is 1.18 bits per heavy atom. The second-order valence-electron chi connectivity index (χ2n) is 9.46. The molecule has 0 bridgehead atoms. The third-order valence-corrected chi connectivity index (χ3v) is 6.42. The normalized spacial score (nSPS) is 18.2. The van der Waals surface area contributed by atoms with Crippen LogP contribution in [0.1, 0.15) is 38.7 Å². The molecule has 5 heterocycles. The van der Waals surface area contributed by atoms with Crippen molar-refractivity contribution >= 4 is 17.1 Å². The zero-order valence-corrected chi connectivity index (χ0v) is 19.6. The molecule has 1 unspecified atom stereocenters. The molecule has 0 spiro atoms. The maximum atomic E-state index is 11.8. The predicted octanol–water partition coefficient (Wildman–Crippen LogP) is 3.65. The number of carbonyl (C=O) groups is 1. The van der Waals surface area contributed by atoms with Crippen LogP contribution in [0.5, 0.6) is 0 Å². The molecule has 1 atom stereocenters. The summed E-state index contributed by atoms with van der Waals surface area (Å²) in [5.74, 6) is 1.11. The predicted molar refractivity (Wildman–Crippen MR) is 128 cm³/mol. The molecule has 9 heteroatoms. The second kappa shape index (κ2) is 8.37. The van der Waals surface area contributed by atoms with E-state index in [0.29, 0.717) is 28.9 Å². The van der Waals surface area contributed by atoms with Gasteiger partial charge in [0.2, 0.25) is 0 Å². The van der Waals surface area contributed by atoms with E-state index in [1.807, 2.05) is 31.6 Å². The summed E-state index contributed by atoms with van der Waals surface area (Å²) in [4.78, 5) is 23.6. The fraction of sp³-hybridized carbons (Fsp3) is 0.360. The van der Waals surface area contributed by atoms with Crippen molar-refractivity contribution in [1.82, 2.24) is 29.4 Å². The van der Waals surface area contributed by atoms with Gasteiger partial charge in [0.1, 0.15) is 28.8 Å². The third-order valence-electron chi connectivity index (χ3n) is 6.42. The molecule has 0 N–H and O–H groups in total. The van der Waals surface area contributed by atoms with Crippen LogP contribution in [0.15, 0.2) is 43.1 Å². The molecule has 0 radical (unpaired) electrons. The van der Waals surface area contributed by atoms with E-state index in [9.17, 15) is 10.1 Å². The first-order valence-electron chi connectivity index (χ1n) is 11.3. The first-order chi connectivity index (χ1) is 16.3. The van der Waals surface area contributed by atoms with Gasteiger partial charge < -0.3 is 9.69 Å². The third kappa shape index (κ3) is 4.03. The van der Waals surface area contributed by atoms with Gasteiger partial charge in [-0.25, -0.2) is 14.5 Å². The summed E-state index contributed by atoms with van der Waals surface area (Å²) in [6.07, 6.45) is 11.5. The molecule has 1 saturated heterocycles. The lowest BCUT2D eigenvalue weighted by atomic mass is 9.78. The zero-order chi connectivity index (χ0) is 23.9. The molecule has 1 fully saturated rings. The highest BCUT2D eigenvalue weighted by Crippen LogP contribution is 2.35. The topological polar surface area (TPSA) is 105 Å². The minimum Gasteiger partial charge on any atom is -0.356 e. The molecule has 9 nitrogen and oxygen atoms in total. The van der Waals surface area contributed by atoms with Crippen molar-refractivity contribution in [3.05, 3.63) is 48.7 Å². The van der Waals surface area contributed by atoms with E-state index in [0.717, 1.165) is 42.9 Å². The number of fused-ring (bicyclic) bond motifs is 1. The lowest BCUT2D eigenvalue weighted by Gasteiger charge is -2.40. The summed E-state index contributed by atoms with van der Waals surface area (Å²) in [5, 5.41) is 18.2. The van der Waals surface area contributed by atoms with Gasteiger partial charge in [0.15, 0.2) is 0 Å². The van der Waals surface area contributed by atoms with Crippen LogP contribution >= 0.6 is 0 Å². The number of carbonyl (C=O) groups excluding carboxylic acids is 1. The van der Waals surface area contributed by atoms with Crippen LogP contribution in [0.2, 0.25) is 0 Å². The second-order valence-corrected chi connectivity index (χ2v) is 9.46. The number of aryl methyl sites for hydroxylation is 1. The van der Waals surface area contributed by atoms with Crippen molar-refractivity contribution in [2.45, 2.75) is 33.1 Å². The number of rotatable bonds is 5. The maximum absolute atomic E-state index is 11.8. The van der Waals surface area contributed by atoms with Gasteiger partial charge in [0.25, 0.3) is 0 Å². The Bertz CT molecular complexity index is 1410. The van der Waals surface area contributed by atoms with Crippen molar-refractivity contribution in [1.29, 1.82) is 5.26 Å². The summed E-state index contributed by atoms with van der Waals surface area (Å²) < 4.78 is 3.41. The maximum Gasteiger partial charge on any atom is 0.130 e. The Kier molecular flexibility index (Phi) is 5.36. The van der Waals surface area contributed by atoms with Crippen LogP contribution in [0, 0.1) is 16.7 Å². The van der Waals surface area contributed by atoms with E-state index in [2.05, 4.69) is 28.1 Å². The van der Waals surface area contributed by atoms with E-state index in [1.54, 1.807) is 34.7 Å². The van der Waals surface area contributed by atoms with Crippen LogP contribution in [-0.2, 0) is 11.8 Å². The molecule has 0 amide bonds. The van der Waals surface area contributed by atoms with Gasteiger partial charge in [-0.3, -0.25) is 4.68 Å². The molecule has 34 heavy (non-hydrogen) atoms. The van der Waals surface area contributed by atoms with Crippen molar-refractivity contribution < 1.29 is 4.79 Å². The van der Waals surface area contributed by atoms with Gasteiger partial charge in [-0.2, -0.15) is 15.5 Å². The van der Waals surface area contributed by atoms with Crippen molar-refractivity contribution in [3.8, 4) is 28.6 Å². The molecule has 1 aliphatic heterocycles. The van der Waals surface area contributed by atoms with Crippen LogP contribution in [0.25, 0.3) is 28.0 Å².